The first kappa shape index (κ1) is 25.2. The minimum absolute atomic E-state index is 0.0395. The van der Waals surface area contributed by atoms with E-state index in [2.05, 4.69) is 10.6 Å². The van der Waals surface area contributed by atoms with E-state index in [1.54, 1.807) is 19.1 Å². The largest absolute Gasteiger partial charge is 0.346 e. The predicted molar refractivity (Wildman–Crippen MR) is 130 cm³/mol. The second-order valence-corrected chi connectivity index (χ2v) is 10.5. The number of halogens is 1. The first-order valence-electron chi connectivity index (χ1n) is 11.2. The summed E-state index contributed by atoms with van der Waals surface area (Å²) >= 11 is 6.24. The summed E-state index contributed by atoms with van der Waals surface area (Å²) in [6, 6.07) is 11.2. The lowest BCUT2D eigenvalue weighted by Crippen LogP contribution is -2.32. The smallest absolute Gasteiger partial charge is 0.251 e. The molecular weight excluding hydrogens is 462 g/mol. The summed E-state index contributed by atoms with van der Waals surface area (Å²) in [6.07, 6.45) is 4.04. The van der Waals surface area contributed by atoms with Crippen molar-refractivity contribution in [3.8, 4) is 0 Å². The fourth-order valence-electron chi connectivity index (χ4n) is 3.73. The van der Waals surface area contributed by atoms with Crippen molar-refractivity contribution >= 4 is 39.1 Å². The van der Waals surface area contributed by atoms with E-state index >= 15 is 0 Å². The lowest BCUT2D eigenvalue weighted by Gasteiger charge is -2.21. The van der Waals surface area contributed by atoms with Crippen molar-refractivity contribution in [2.75, 3.05) is 18.4 Å². The number of amides is 2. The molecule has 0 saturated carbocycles. The minimum atomic E-state index is -3.78. The number of benzene rings is 2. The number of hydrogen-bond donors (Lipinski definition) is 2. The zero-order valence-electron chi connectivity index (χ0n) is 18.9. The Bertz CT molecular complexity index is 1100. The van der Waals surface area contributed by atoms with E-state index in [4.69, 9.17) is 11.6 Å². The van der Waals surface area contributed by atoms with Gasteiger partial charge in [0.2, 0.25) is 15.9 Å². The summed E-state index contributed by atoms with van der Waals surface area (Å²) < 4.78 is 27.8. The second kappa shape index (κ2) is 11.1. The number of hydrogen-bond acceptors (Lipinski definition) is 4. The molecule has 1 atom stereocenters. The van der Waals surface area contributed by atoms with Crippen molar-refractivity contribution in [2.45, 2.75) is 56.9 Å². The average molecular weight is 492 g/mol. The molecule has 0 aromatic heterocycles. The third-order valence-electron chi connectivity index (χ3n) is 5.74. The van der Waals surface area contributed by atoms with Gasteiger partial charge < -0.3 is 10.6 Å². The Morgan fingerprint density at radius 1 is 1.03 bits per heavy atom. The monoisotopic (exact) mass is 491 g/mol. The van der Waals surface area contributed by atoms with Crippen LogP contribution in [-0.4, -0.2) is 37.6 Å². The number of nitrogens with one attached hydrogen (secondary N) is 2. The molecule has 2 aromatic rings. The maximum atomic E-state index is 13.2. The number of carbonyl (C=O) groups is 2. The average Bonchev–Trinajstić information content (AvgIpc) is 3.10. The number of anilines is 1. The van der Waals surface area contributed by atoms with Crippen LogP contribution in [0.15, 0.2) is 47.4 Å². The van der Waals surface area contributed by atoms with Crippen LogP contribution in [0.3, 0.4) is 0 Å². The maximum absolute atomic E-state index is 13.2. The van der Waals surface area contributed by atoms with Crippen molar-refractivity contribution in [3.63, 3.8) is 0 Å². The fourth-order valence-corrected chi connectivity index (χ4v) is 5.75. The van der Waals surface area contributed by atoms with Crippen LogP contribution < -0.4 is 10.6 Å². The third-order valence-corrected chi connectivity index (χ3v) is 8.12. The van der Waals surface area contributed by atoms with E-state index in [-0.39, 0.29) is 27.4 Å². The highest BCUT2D eigenvalue weighted by molar-refractivity contribution is 7.89. The molecule has 33 heavy (non-hydrogen) atoms. The molecule has 9 heteroatoms. The molecule has 0 radical (unpaired) electrons. The number of rotatable bonds is 7. The Labute approximate surface area is 200 Å². The zero-order valence-corrected chi connectivity index (χ0v) is 20.5. The molecule has 7 nitrogen and oxygen atoms in total. The van der Waals surface area contributed by atoms with Gasteiger partial charge in [-0.25, -0.2) is 8.42 Å². The van der Waals surface area contributed by atoms with E-state index in [9.17, 15) is 18.0 Å². The van der Waals surface area contributed by atoms with Gasteiger partial charge >= 0.3 is 0 Å². The summed E-state index contributed by atoms with van der Waals surface area (Å²) in [5.74, 6) is -0.465. The Kier molecular flexibility index (Phi) is 8.51. The molecule has 1 saturated heterocycles. The van der Waals surface area contributed by atoms with E-state index in [0.29, 0.717) is 25.2 Å². The molecule has 178 valence electrons. The molecule has 2 amide bonds. The molecule has 2 aromatic carbocycles. The molecule has 1 unspecified atom stereocenters. The zero-order chi connectivity index (χ0) is 24.0. The van der Waals surface area contributed by atoms with Crippen LogP contribution in [0.25, 0.3) is 0 Å². The van der Waals surface area contributed by atoms with Crippen LogP contribution in [0.2, 0.25) is 5.02 Å². The molecule has 0 bridgehead atoms. The van der Waals surface area contributed by atoms with Gasteiger partial charge in [-0.15, -0.1) is 0 Å². The topological polar surface area (TPSA) is 95.6 Å². The molecule has 0 aliphatic carbocycles. The Morgan fingerprint density at radius 3 is 2.27 bits per heavy atom. The molecule has 3 rings (SSSR count). The van der Waals surface area contributed by atoms with Gasteiger partial charge in [0.25, 0.3) is 5.91 Å². The summed E-state index contributed by atoms with van der Waals surface area (Å²) in [5.41, 5.74) is 1.76. The summed E-state index contributed by atoms with van der Waals surface area (Å²) in [6.45, 7) is 4.53. The first-order chi connectivity index (χ1) is 15.7. The molecule has 1 aliphatic rings. The third kappa shape index (κ3) is 6.34. The number of nitrogens with zero attached hydrogens (tertiary/aromatic N) is 1. The van der Waals surface area contributed by atoms with Gasteiger partial charge in [0.1, 0.15) is 4.90 Å². The first-order valence-corrected chi connectivity index (χ1v) is 13.0. The van der Waals surface area contributed by atoms with Crippen molar-refractivity contribution < 1.29 is 18.0 Å². The van der Waals surface area contributed by atoms with Crippen LogP contribution in [0, 0.1) is 0 Å². The Morgan fingerprint density at radius 2 is 1.67 bits per heavy atom. The number of carbonyl (C=O) groups excluding carboxylic acids is 2. The maximum Gasteiger partial charge on any atom is 0.251 e. The standard InChI is InChI=1S/C24H30ClN3O4S/c1-3-23(29)27-20-11-8-18(9-12-20)17(2)26-24(30)19-10-13-21(25)22(16-19)33(31,32)28-14-6-4-5-7-15-28/h8-13,16-17H,3-7,14-15H2,1-2H3,(H,26,30)(H,27,29). The Balaban J connectivity index is 1.74. The van der Waals surface area contributed by atoms with Crippen molar-refractivity contribution in [2.24, 2.45) is 0 Å². The van der Waals surface area contributed by atoms with E-state index in [1.807, 2.05) is 19.1 Å². The van der Waals surface area contributed by atoms with E-state index in [1.165, 1.54) is 22.5 Å². The predicted octanol–water partition coefficient (Wildman–Crippen LogP) is 4.74. The number of sulfonamides is 1. The van der Waals surface area contributed by atoms with Gasteiger partial charge in [-0.2, -0.15) is 4.31 Å². The molecule has 2 N–H and O–H groups in total. The summed E-state index contributed by atoms with van der Waals surface area (Å²) in [4.78, 5) is 24.4. The molecular formula is C24H30ClN3O4S. The quantitative estimate of drug-likeness (QED) is 0.584. The van der Waals surface area contributed by atoms with Crippen molar-refractivity contribution in [1.82, 2.24) is 9.62 Å². The van der Waals surface area contributed by atoms with Gasteiger partial charge in [-0.05, 0) is 55.7 Å². The summed E-state index contributed by atoms with van der Waals surface area (Å²) in [7, 11) is -3.78. The fraction of sp³-hybridized carbons (Fsp3) is 0.417. The summed E-state index contributed by atoms with van der Waals surface area (Å²) in [5, 5.41) is 5.78. The van der Waals surface area contributed by atoms with Crippen LogP contribution in [0.1, 0.15) is 67.9 Å². The van der Waals surface area contributed by atoms with E-state index < -0.39 is 15.9 Å². The van der Waals surface area contributed by atoms with Crippen LogP contribution in [-0.2, 0) is 14.8 Å². The van der Waals surface area contributed by atoms with Gasteiger partial charge in [0.05, 0.1) is 11.1 Å². The molecule has 1 aliphatic heterocycles. The lowest BCUT2D eigenvalue weighted by molar-refractivity contribution is -0.115. The highest BCUT2D eigenvalue weighted by Gasteiger charge is 2.28. The highest BCUT2D eigenvalue weighted by atomic mass is 35.5. The molecule has 0 spiro atoms. The van der Waals surface area contributed by atoms with Gasteiger partial charge in [0, 0.05) is 30.8 Å². The van der Waals surface area contributed by atoms with Gasteiger partial charge in [0.15, 0.2) is 0 Å². The normalized spacial score (nSPS) is 16.0. The van der Waals surface area contributed by atoms with Crippen LogP contribution in [0.4, 0.5) is 5.69 Å². The minimum Gasteiger partial charge on any atom is -0.346 e. The van der Waals surface area contributed by atoms with Crippen LogP contribution >= 0.6 is 11.6 Å². The van der Waals surface area contributed by atoms with Crippen LogP contribution in [0.5, 0.6) is 0 Å². The molecule has 1 fully saturated rings. The SMILES string of the molecule is CCC(=O)Nc1ccc(C(C)NC(=O)c2ccc(Cl)c(S(=O)(=O)N3CCCCCC3)c2)cc1. The van der Waals surface area contributed by atoms with Crippen molar-refractivity contribution in [3.05, 3.63) is 58.6 Å². The molecule has 1 heterocycles. The second-order valence-electron chi connectivity index (χ2n) is 8.18. The van der Waals surface area contributed by atoms with Crippen molar-refractivity contribution in [1.29, 1.82) is 0 Å². The van der Waals surface area contributed by atoms with Gasteiger partial charge in [-0.3, -0.25) is 9.59 Å². The van der Waals surface area contributed by atoms with Gasteiger partial charge in [-0.1, -0.05) is 43.5 Å². The Hall–Kier alpha value is -2.42. The van der Waals surface area contributed by atoms with E-state index in [0.717, 1.165) is 31.2 Å². The lowest BCUT2D eigenvalue weighted by atomic mass is 10.1. The highest BCUT2D eigenvalue weighted by Crippen LogP contribution is 2.28.